The van der Waals surface area contributed by atoms with Crippen molar-refractivity contribution in [3.8, 4) is 17.6 Å². The number of hydrogen-bond acceptors (Lipinski definition) is 5. The molecule has 1 amide bonds. The van der Waals surface area contributed by atoms with Crippen LogP contribution in [0.3, 0.4) is 0 Å². The minimum atomic E-state index is -1.92. The molecule has 0 fully saturated rings. The Hall–Kier alpha value is -3.04. The molecule has 4 rings (SSSR count). The number of nitrogens with one attached hydrogen (secondary N) is 1. The molecule has 6 heteroatoms. The highest BCUT2D eigenvalue weighted by atomic mass is 16.7. The first-order chi connectivity index (χ1) is 10.6. The fourth-order valence-corrected chi connectivity index (χ4v) is 2.84. The third-order valence-corrected chi connectivity index (χ3v) is 3.90. The lowest BCUT2D eigenvalue weighted by atomic mass is 9.86. The Morgan fingerprint density at radius 2 is 2.09 bits per heavy atom. The number of rotatable bonds is 1. The zero-order valence-electron chi connectivity index (χ0n) is 11.3. The Morgan fingerprint density at radius 3 is 2.91 bits per heavy atom. The molecular weight excluding hydrogens is 284 g/mol. The average Bonchev–Trinajstić information content (AvgIpc) is 3.11. The third-order valence-electron chi connectivity index (χ3n) is 3.90. The number of nitrogens with zero attached hydrogens (tertiary/aromatic N) is 1. The number of benzene rings is 2. The molecule has 22 heavy (non-hydrogen) atoms. The van der Waals surface area contributed by atoms with E-state index in [9.17, 15) is 9.90 Å². The molecule has 2 heterocycles. The number of aliphatic hydroxyl groups is 1. The fraction of sp³-hybridized carbons (Fsp3) is 0.125. The summed E-state index contributed by atoms with van der Waals surface area (Å²) in [4.78, 5) is 12.4. The molecule has 0 spiro atoms. The summed E-state index contributed by atoms with van der Waals surface area (Å²) in [5.41, 5.74) is -0.447. The molecule has 2 N–H and O–H groups in total. The highest BCUT2D eigenvalue weighted by Crippen LogP contribution is 2.48. The van der Waals surface area contributed by atoms with Crippen molar-refractivity contribution < 1.29 is 19.4 Å². The van der Waals surface area contributed by atoms with Crippen molar-refractivity contribution in [2.24, 2.45) is 0 Å². The van der Waals surface area contributed by atoms with Gasteiger partial charge in [0.2, 0.25) is 6.79 Å². The first-order valence-electron chi connectivity index (χ1n) is 6.62. The van der Waals surface area contributed by atoms with Crippen LogP contribution in [-0.4, -0.2) is 17.8 Å². The minimum Gasteiger partial charge on any atom is -0.454 e. The van der Waals surface area contributed by atoms with Gasteiger partial charge in [0.15, 0.2) is 17.1 Å². The minimum absolute atomic E-state index is 0.0368. The molecule has 0 aromatic heterocycles. The van der Waals surface area contributed by atoms with Crippen molar-refractivity contribution in [2.45, 2.75) is 5.60 Å². The van der Waals surface area contributed by atoms with Gasteiger partial charge in [0, 0.05) is 16.8 Å². The van der Waals surface area contributed by atoms with Gasteiger partial charge in [0.1, 0.15) is 0 Å². The Kier molecular flexibility index (Phi) is 2.44. The van der Waals surface area contributed by atoms with Gasteiger partial charge in [-0.1, -0.05) is 12.1 Å². The quantitative estimate of drug-likeness (QED) is 0.831. The number of para-hydroxylation sites is 1. The van der Waals surface area contributed by atoms with E-state index in [1.54, 1.807) is 30.3 Å². The van der Waals surface area contributed by atoms with Crippen LogP contribution >= 0.6 is 0 Å². The van der Waals surface area contributed by atoms with Crippen LogP contribution in [0.25, 0.3) is 0 Å². The SMILES string of the molecule is N#Cc1ccc2c(c1)C(O)(c1cccc3c1OCO3)C(=O)N2. The number of amides is 1. The number of carbonyl (C=O) groups is 1. The van der Waals surface area contributed by atoms with Gasteiger partial charge in [0.05, 0.1) is 11.6 Å². The molecule has 6 nitrogen and oxygen atoms in total. The van der Waals surface area contributed by atoms with Gasteiger partial charge in [-0.2, -0.15) is 5.26 Å². The maximum Gasteiger partial charge on any atom is 0.266 e. The van der Waals surface area contributed by atoms with Crippen LogP contribution in [0.4, 0.5) is 5.69 Å². The smallest absolute Gasteiger partial charge is 0.266 e. The van der Waals surface area contributed by atoms with Crippen LogP contribution in [0, 0.1) is 11.3 Å². The molecule has 0 saturated heterocycles. The van der Waals surface area contributed by atoms with E-state index < -0.39 is 11.5 Å². The summed E-state index contributed by atoms with van der Waals surface area (Å²) in [5.74, 6) is 0.237. The van der Waals surface area contributed by atoms with E-state index in [2.05, 4.69) is 5.32 Å². The Morgan fingerprint density at radius 1 is 1.23 bits per heavy atom. The number of fused-ring (bicyclic) bond motifs is 2. The lowest BCUT2D eigenvalue weighted by Crippen LogP contribution is -2.35. The van der Waals surface area contributed by atoms with Crippen LogP contribution in [0.2, 0.25) is 0 Å². The Balaban J connectivity index is 1.98. The van der Waals surface area contributed by atoms with Gasteiger partial charge in [-0.05, 0) is 24.3 Å². The number of anilines is 1. The normalized spacial score (nSPS) is 21.2. The first-order valence-corrected chi connectivity index (χ1v) is 6.62. The van der Waals surface area contributed by atoms with Crippen LogP contribution in [0.15, 0.2) is 36.4 Å². The molecule has 108 valence electrons. The predicted molar refractivity (Wildman–Crippen MR) is 75.4 cm³/mol. The second-order valence-corrected chi connectivity index (χ2v) is 5.08. The number of hydrogen-bond donors (Lipinski definition) is 2. The number of ether oxygens (including phenoxy) is 2. The number of nitriles is 1. The Bertz CT molecular complexity index is 856. The predicted octanol–water partition coefficient (Wildman–Crippen LogP) is 1.47. The highest BCUT2D eigenvalue weighted by Gasteiger charge is 2.49. The molecule has 1 unspecified atom stereocenters. The molecular formula is C16H10N2O4. The van der Waals surface area contributed by atoms with Crippen molar-refractivity contribution in [2.75, 3.05) is 12.1 Å². The summed E-state index contributed by atoms with van der Waals surface area (Å²) in [5, 5.41) is 22.8. The van der Waals surface area contributed by atoms with Crippen molar-refractivity contribution in [1.29, 1.82) is 5.26 Å². The fourth-order valence-electron chi connectivity index (χ4n) is 2.84. The highest BCUT2D eigenvalue weighted by molar-refractivity contribution is 6.07. The van der Waals surface area contributed by atoms with Crippen LogP contribution < -0.4 is 14.8 Å². The van der Waals surface area contributed by atoms with E-state index in [4.69, 9.17) is 14.7 Å². The molecule has 2 aliphatic heterocycles. The van der Waals surface area contributed by atoms with Gasteiger partial charge in [-0.3, -0.25) is 4.79 Å². The van der Waals surface area contributed by atoms with Crippen molar-refractivity contribution >= 4 is 11.6 Å². The van der Waals surface area contributed by atoms with E-state index >= 15 is 0 Å². The maximum absolute atomic E-state index is 12.4. The summed E-state index contributed by atoms with van der Waals surface area (Å²) in [6, 6.07) is 11.7. The summed E-state index contributed by atoms with van der Waals surface area (Å²) in [6.07, 6.45) is 0. The molecule has 2 aliphatic rings. The van der Waals surface area contributed by atoms with E-state index in [0.717, 1.165) is 0 Å². The largest absolute Gasteiger partial charge is 0.454 e. The third kappa shape index (κ3) is 1.48. The van der Waals surface area contributed by atoms with Gasteiger partial charge in [0.25, 0.3) is 5.91 Å². The number of carbonyl (C=O) groups excluding carboxylic acids is 1. The molecule has 0 bridgehead atoms. The van der Waals surface area contributed by atoms with E-state index in [1.165, 1.54) is 6.07 Å². The molecule has 1 atom stereocenters. The zero-order valence-corrected chi connectivity index (χ0v) is 11.3. The van der Waals surface area contributed by atoms with Crippen LogP contribution in [0.1, 0.15) is 16.7 Å². The topological polar surface area (TPSA) is 91.6 Å². The van der Waals surface area contributed by atoms with E-state index in [0.29, 0.717) is 33.9 Å². The van der Waals surface area contributed by atoms with Gasteiger partial charge < -0.3 is 19.9 Å². The van der Waals surface area contributed by atoms with E-state index in [1.807, 2.05) is 6.07 Å². The standard InChI is InChI=1S/C16H10N2O4/c17-7-9-4-5-12-11(6-9)16(20,15(19)18-12)10-2-1-3-13-14(10)22-8-21-13/h1-6,20H,8H2,(H,18,19). The first kappa shape index (κ1) is 12.7. The van der Waals surface area contributed by atoms with Crippen molar-refractivity contribution in [3.63, 3.8) is 0 Å². The van der Waals surface area contributed by atoms with Gasteiger partial charge in [-0.15, -0.1) is 0 Å². The average molecular weight is 294 g/mol. The summed E-state index contributed by atoms with van der Waals surface area (Å²) in [6.45, 7) is 0.0368. The second kappa shape index (κ2) is 4.23. The molecule has 0 radical (unpaired) electrons. The van der Waals surface area contributed by atoms with E-state index in [-0.39, 0.29) is 6.79 Å². The summed E-state index contributed by atoms with van der Waals surface area (Å²) >= 11 is 0. The van der Waals surface area contributed by atoms with Crippen LogP contribution in [0.5, 0.6) is 11.5 Å². The lowest BCUT2D eigenvalue weighted by Gasteiger charge is -2.22. The molecule has 0 aliphatic carbocycles. The molecule has 2 aromatic rings. The Labute approximate surface area is 125 Å². The van der Waals surface area contributed by atoms with Gasteiger partial charge >= 0.3 is 0 Å². The van der Waals surface area contributed by atoms with Crippen molar-refractivity contribution in [3.05, 3.63) is 53.1 Å². The second-order valence-electron chi connectivity index (χ2n) is 5.08. The maximum atomic E-state index is 12.4. The summed E-state index contributed by atoms with van der Waals surface area (Å²) < 4.78 is 10.7. The van der Waals surface area contributed by atoms with Crippen LogP contribution in [-0.2, 0) is 10.4 Å². The van der Waals surface area contributed by atoms with Crippen molar-refractivity contribution in [1.82, 2.24) is 0 Å². The molecule has 2 aromatic carbocycles. The molecule has 0 saturated carbocycles. The summed E-state index contributed by atoms with van der Waals surface area (Å²) in [7, 11) is 0. The monoisotopic (exact) mass is 294 g/mol. The van der Waals surface area contributed by atoms with Gasteiger partial charge in [-0.25, -0.2) is 0 Å². The zero-order chi connectivity index (χ0) is 15.3. The lowest BCUT2D eigenvalue weighted by molar-refractivity contribution is -0.129.